The van der Waals surface area contributed by atoms with Crippen LogP contribution in [0.4, 0.5) is 0 Å². The minimum absolute atomic E-state index is 0.511. The number of aryl methyl sites for hydroxylation is 2. The lowest BCUT2D eigenvalue weighted by atomic mass is 9.75. The topological polar surface area (TPSA) is 34.2 Å². The van der Waals surface area contributed by atoms with Crippen LogP contribution in [0.1, 0.15) is 47.7 Å². The highest BCUT2D eigenvalue weighted by Gasteiger charge is 2.43. The Kier molecular flexibility index (Phi) is 3.92. The van der Waals surface area contributed by atoms with Crippen molar-refractivity contribution in [3.05, 3.63) is 15.6 Å². The van der Waals surface area contributed by atoms with Gasteiger partial charge in [-0.15, -0.1) is 11.3 Å². The van der Waals surface area contributed by atoms with Crippen molar-refractivity contribution in [1.29, 1.82) is 0 Å². The molecule has 0 radical (unpaired) electrons. The van der Waals surface area contributed by atoms with Crippen LogP contribution in [0.25, 0.3) is 0 Å². The maximum Gasteiger partial charge on any atom is 0.0900 e. The van der Waals surface area contributed by atoms with E-state index in [4.69, 9.17) is 4.74 Å². The molecule has 0 amide bonds. The summed E-state index contributed by atoms with van der Waals surface area (Å²) < 4.78 is 5.55. The van der Waals surface area contributed by atoms with Crippen LogP contribution < -0.4 is 5.32 Å². The summed E-state index contributed by atoms with van der Waals surface area (Å²) in [7, 11) is 0. The summed E-state index contributed by atoms with van der Waals surface area (Å²) in [5.74, 6) is 0. The van der Waals surface area contributed by atoms with Crippen LogP contribution in [0.2, 0.25) is 0 Å². The Balaban J connectivity index is 1.64. The van der Waals surface area contributed by atoms with Crippen LogP contribution in [-0.4, -0.2) is 24.2 Å². The second-order valence-electron chi connectivity index (χ2n) is 6.04. The first kappa shape index (κ1) is 13.5. The zero-order chi connectivity index (χ0) is 13.3. The maximum atomic E-state index is 5.55. The van der Waals surface area contributed by atoms with Gasteiger partial charge in [-0.3, -0.25) is 0 Å². The van der Waals surface area contributed by atoms with Crippen LogP contribution in [0, 0.1) is 19.3 Å². The second-order valence-corrected chi connectivity index (χ2v) is 7.44. The van der Waals surface area contributed by atoms with Crippen molar-refractivity contribution in [2.45, 2.75) is 58.5 Å². The molecule has 2 heterocycles. The van der Waals surface area contributed by atoms with Crippen molar-refractivity contribution in [2.24, 2.45) is 5.41 Å². The summed E-state index contributed by atoms with van der Waals surface area (Å²) in [6, 6.07) is 0.665. The average molecular weight is 280 g/mol. The summed E-state index contributed by atoms with van der Waals surface area (Å²) in [4.78, 5) is 6.00. The van der Waals surface area contributed by atoms with Crippen molar-refractivity contribution < 1.29 is 4.74 Å². The summed E-state index contributed by atoms with van der Waals surface area (Å²) in [6.07, 6.45) is 6.54. The van der Waals surface area contributed by atoms with E-state index in [0.29, 0.717) is 11.5 Å². The lowest BCUT2D eigenvalue weighted by Gasteiger charge is -2.39. The number of ether oxygens (including phenoxy) is 1. The normalized spacial score (nSPS) is 26.1. The van der Waals surface area contributed by atoms with E-state index >= 15 is 0 Å². The summed E-state index contributed by atoms with van der Waals surface area (Å²) in [5, 5.41) is 4.98. The second kappa shape index (κ2) is 5.51. The fraction of sp³-hybridized carbons (Fsp3) is 0.800. The maximum absolute atomic E-state index is 5.55. The Labute approximate surface area is 119 Å². The summed E-state index contributed by atoms with van der Waals surface area (Å²) in [5.41, 5.74) is 1.76. The Bertz CT molecular complexity index is 437. The van der Waals surface area contributed by atoms with Gasteiger partial charge in [0.05, 0.1) is 10.7 Å². The van der Waals surface area contributed by atoms with E-state index in [2.05, 4.69) is 24.1 Å². The van der Waals surface area contributed by atoms with Gasteiger partial charge in [-0.05, 0) is 44.9 Å². The van der Waals surface area contributed by atoms with Gasteiger partial charge in [0.1, 0.15) is 0 Å². The molecule has 3 nitrogen and oxygen atoms in total. The molecule has 1 spiro atoms. The molecular formula is C15H24N2OS. The highest BCUT2D eigenvalue weighted by atomic mass is 32.1. The summed E-state index contributed by atoms with van der Waals surface area (Å²) >= 11 is 1.81. The van der Waals surface area contributed by atoms with Crippen LogP contribution in [0.5, 0.6) is 0 Å². The Morgan fingerprint density at radius 1 is 1.32 bits per heavy atom. The van der Waals surface area contributed by atoms with Gasteiger partial charge in [0.2, 0.25) is 0 Å². The fourth-order valence-corrected chi connectivity index (χ4v) is 4.62. The van der Waals surface area contributed by atoms with E-state index in [1.54, 1.807) is 0 Å². The van der Waals surface area contributed by atoms with Gasteiger partial charge in [0, 0.05) is 30.7 Å². The quantitative estimate of drug-likeness (QED) is 0.923. The molecule has 1 aliphatic carbocycles. The number of thiazole rings is 1. The molecule has 1 saturated heterocycles. The van der Waals surface area contributed by atoms with E-state index in [1.165, 1.54) is 47.7 Å². The number of hydrogen-bond donors (Lipinski definition) is 1. The van der Waals surface area contributed by atoms with Crippen LogP contribution in [0.15, 0.2) is 0 Å². The molecule has 19 heavy (non-hydrogen) atoms. The van der Waals surface area contributed by atoms with E-state index in [0.717, 1.165) is 19.8 Å². The molecule has 106 valence electrons. The minimum atomic E-state index is 0.511. The van der Waals surface area contributed by atoms with Crippen molar-refractivity contribution in [3.8, 4) is 0 Å². The molecule has 0 aromatic carbocycles. The van der Waals surface area contributed by atoms with Gasteiger partial charge in [-0.25, -0.2) is 4.98 Å². The van der Waals surface area contributed by atoms with Crippen molar-refractivity contribution in [2.75, 3.05) is 13.2 Å². The highest BCUT2D eigenvalue weighted by molar-refractivity contribution is 7.11. The molecule has 3 rings (SSSR count). The van der Waals surface area contributed by atoms with Gasteiger partial charge in [0.15, 0.2) is 0 Å². The smallest absolute Gasteiger partial charge is 0.0900 e. The standard InChI is InChI=1S/C15H24N2OS/c1-11-13(17-12(2)19-11)10-16-14-4-3-5-15(14)6-8-18-9-7-15/h14,16H,3-10H2,1-2H3/t14-/m0/s1. The zero-order valence-corrected chi connectivity index (χ0v) is 12.8. The lowest BCUT2D eigenvalue weighted by Crippen LogP contribution is -2.44. The third-order valence-electron chi connectivity index (χ3n) is 4.91. The fourth-order valence-electron chi connectivity index (χ4n) is 3.79. The predicted molar refractivity (Wildman–Crippen MR) is 78.6 cm³/mol. The minimum Gasteiger partial charge on any atom is -0.381 e. The van der Waals surface area contributed by atoms with Crippen LogP contribution >= 0.6 is 11.3 Å². The third kappa shape index (κ3) is 2.71. The third-order valence-corrected chi connectivity index (χ3v) is 5.84. The lowest BCUT2D eigenvalue weighted by molar-refractivity contribution is 0.00410. The number of nitrogens with zero attached hydrogens (tertiary/aromatic N) is 1. The van der Waals surface area contributed by atoms with Gasteiger partial charge < -0.3 is 10.1 Å². The number of nitrogens with one attached hydrogen (secondary N) is 1. The molecule has 1 aliphatic heterocycles. The van der Waals surface area contributed by atoms with Gasteiger partial charge in [0.25, 0.3) is 0 Å². The van der Waals surface area contributed by atoms with Gasteiger partial charge >= 0.3 is 0 Å². The molecular weight excluding hydrogens is 256 g/mol. The molecule has 1 N–H and O–H groups in total. The molecule has 4 heteroatoms. The number of aromatic nitrogens is 1. The van der Waals surface area contributed by atoms with Crippen molar-refractivity contribution in [1.82, 2.24) is 10.3 Å². The first-order valence-electron chi connectivity index (χ1n) is 7.44. The molecule has 0 unspecified atom stereocenters. The van der Waals surface area contributed by atoms with E-state index in [-0.39, 0.29) is 0 Å². The average Bonchev–Trinajstić information content (AvgIpc) is 2.92. The predicted octanol–water partition coefficient (Wildman–Crippen LogP) is 3.20. The first-order chi connectivity index (χ1) is 9.20. The van der Waals surface area contributed by atoms with Crippen LogP contribution in [-0.2, 0) is 11.3 Å². The monoisotopic (exact) mass is 280 g/mol. The molecule has 1 saturated carbocycles. The highest BCUT2D eigenvalue weighted by Crippen LogP contribution is 2.46. The Morgan fingerprint density at radius 2 is 2.11 bits per heavy atom. The van der Waals surface area contributed by atoms with Gasteiger partial charge in [-0.2, -0.15) is 0 Å². The van der Waals surface area contributed by atoms with Gasteiger partial charge in [-0.1, -0.05) is 6.42 Å². The van der Waals surface area contributed by atoms with Crippen molar-refractivity contribution in [3.63, 3.8) is 0 Å². The number of rotatable bonds is 3. The number of hydrogen-bond acceptors (Lipinski definition) is 4. The molecule has 1 aromatic rings. The molecule has 2 fully saturated rings. The molecule has 1 atom stereocenters. The Morgan fingerprint density at radius 3 is 2.79 bits per heavy atom. The van der Waals surface area contributed by atoms with Crippen molar-refractivity contribution >= 4 is 11.3 Å². The largest absolute Gasteiger partial charge is 0.381 e. The van der Waals surface area contributed by atoms with E-state index in [1.807, 2.05) is 11.3 Å². The molecule has 0 bridgehead atoms. The first-order valence-corrected chi connectivity index (χ1v) is 8.25. The molecule has 2 aliphatic rings. The Hall–Kier alpha value is -0.450. The SMILES string of the molecule is Cc1nc(CN[C@H]2CCCC23CCOCC3)c(C)s1. The van der Waals surface area contributed by atoms with E-state index < -0.39 is 0 Å². The molecule has 1 aromatic heterocycles. The zero-order valence-electron chi connectivity index (χ0n) is 12.0. The van der Waals surface area contributed by atoms with E-state index in [9.17, 15) is 0 Å². The summed E-state index contributed by atoms with van der Waals surface area (Å²) in [6.45, 7) is 7.11. The van der Waals surface area contributed by atoms with Crippen LogP contribution in [0.3, 0.4) is 0 Å².